The van der Waals surface area contributed by atoms with Crippen LogP contribution in [0.1, 0.15) is 47.6 Å². The first-order valence-electron chi connectivity index (χ1n) is 10.3. The van der Waals surface area contributed by atoms with Crippen molar-refractivity contribution < 1.29 is 31.5 Å². The van der Waals surface area contributed by atoms with Crippen molar-refractivity contribution in [1.82, 2.24) is 10.0 Å². The van der Waals surface area contributed by atoms with Crippen LogP contribution in [0.3, 0.4) is 0 Å². The van der Waals surface area contributed by atoms with Gasteiger partial charge in [0.25, 0.3) is 0 Å². The molecule has 10 heteroatoms. The molecule has 2 aromatic carbocycles. The van der Waals surface area contributed by atoms with E-state index in [1.165, 1.54) is 12.1 Å². The fourth-order valence-electron chi connectivity index (χ4n) is 3.71. The minimum absolute atomic E-state index is 0.137. The van der Waals surface area contributed by atoms with E-state index in [0.717, 1.165) is 48.9 Å². The summed E-state index contributed by atoms with van der Waals surface area (Å²) in [7, 11) is -3.79. The molecule has 0 bridgehead atoms. The zero-order valence-corrected chi connectivity index (χ0v) is 18.1. The Labute approximate surface area is 184 Å². The number of fused-ring (bicyclic) bond motifs is 1. The molecule has 1 atom stereocenters. The van der Waals surface area contributed by atoms with Gasteiger partial charge in [0.15, 0.2) is 0 Å². The standard InChI is InChI=1S/C22H25F3N2O4S/c23-22(24,25)19-8-4-3-7-18(19)20(28)14-26-21(29)11-12-27-32(30,31)17-10-9-15-5-1-2-6-16(15)13-17/h3-4,7-10,13,20,27-28H,1-2,5-6,11-12,14H2,(H,26,29). The summed E-state index contributed by atoms with van der Waals surface area (Å²) in [6.45, 7) is -0.607. The van der Waals surface area contributed by atoms with E-state index in [1.807, 2.05) is 6.07 Å². The number of aliphatic hydroxyl groups excluding tert-OH is 1. The van der Waals surface area contributed by atoms with Crippen molar-refractivity contribution >= 4 is 15.9 Å². The topological polar surface area (TPSA) is 95.5 Å². The Morgan fingerprint density at radius 3 is 2.47 bits per heavy atom. The van der Waals surface area contributed by atoms with Gasteiger partial charge in [-0.3, -0.25) is 4.79 Å². The highest BCUT2D eigenvalue weighted by molar-refractivity contribution is 7.89. The molecule has 3 rings (SSSR count). The number of benzene rings is 2. The van der Waals surface area contributed by atoms with Crippen molar-refractivity contribution in [2.24, 2.45) is 0 Å². The average molecular weight is 471 g/mol. The van der Waals surface area contributed by atoms with Crippen LogP contribution in [0.25, 0.3) is 0 Å². The molecule has 32 heavy (non-hydrogen) atoms. The summed E-state index contributed by atoms with van der Waals surface area (Å²) in [5, 5.41) is 12.4. The van der Waals surface area contributed by atoms with Gasteiger partial charge in [0.2, 0.25) is 15.9 Å². The molecular formula is C22H25F3N2O4S. The molecule has 1 amide bonds. The third-order valence-electron chi connectivity index (χ3n) is 5.39. The van der Waals surface area contributed by atoms with E-state index in [9.17, 15) is 31.5 Å². The molecule has 0 heterocycles. The molecule has 0 spiro atoms. The van der Waals surface area contributed by atoms with E-state index in [4.69, 9.17) is 0 Å². The lowest BCUT2D eigenvalue weighted by Crippen LogP contribution is -2.33. The fraction of sp³-hybridized carbons (Fsp3) is 0.409. The summed E-state index contributed by atoms with van der Waals surface area (Å²) in [6.07, 6.45) is -2.53. The van der Waals surface area contributed by atoms with Gasteiger partial charge < -0.3 is 10.4 Å². The molecule has 2 aromatic rings. The van der Waals surface area contributed by atoms with Crippen molar-refractivity contribution in [1.29, 1.82) is 0 Å². The molecular weight excluding hydrogens is 445 g/mol. The molecule has 1 aliphatic carbocycles. The van der Waals surface area contributed by atoms with E-state index in [-0.39, 0.29) is 23.4 Å². The number of halogens is 3. The highest BCUT2D eigenvalue weighted by Gasteiger charge is 2.34. The molecule has 174 valence electrons. The number of carbonyl (C=O) groups excluding carboxylic acids is 1. The van der Waals surface area contributed by atoms with Crippen molar-refractivity contribution in [3.8, 4) is 0 Å². The number of hydrogen-bond donors (Lipinski definition) is 3. The summed E-state index contributed by atoms with van der Waals surface area (Å²) < 4.78 is 66.5. The minimum atomic E-state index is -4.63. The maximum absolute atomic E-state index is 13.1. The average Bonchev–Trinajstić information content (AvgIpc) is 2.76. The second-order valence-corrected chi connectivity index (χ2v) is 9.46. The number of nitrogens with one attached hydrogen (secondary N) is 2. The van der Waals surface area contributed by atoms with E-state index in [1.54, 1.807) is 12.1 Å². The van der Waals surface area contributed by atoms with Gasteiger partial charge in [-0.2, -0.15) is 13.2 Å². The third-order valence-corrected chi connectivity index (χ3v) is 6.85. The Balaban J connectivity index is 1.50. The SMILES string of the molecule is O=C(CCNS(=O)(=O)c1ccc2c(c1)CCCC2)NCC(O)c1ccccc1C(F)(F)F. The van der Waals surface area contributed by atoms with Crippen LogP contribution in [0, 0.1) is 0 Å². The third kappa shape index (κ3) is 6.08. The van der Waals surface area contributed by atoms with Crippen LogP contribution in [0.5, 0.6) is 0 Å². The zero-order chi connectivity index (χ0) is 23.4. The van der Waals surface area contributed by atoms with Gasteiger partial charge in [0.1, 0.15) is 0 Å². The van der Waals surface area contributed by atoms with Crippen LogP contribution in [0.15, 0.2) is 47.4 Å². The normalized spacial score (nSPS) is 15.1. The van der Waals surface area contributed by atoms with Crippen LogP contribution in [0.2, 0.25) is 0 Å². The van der Waals surface area contributed by atoms with Crippen molar-refractivity contribution in [2.45, 2.75) is 49.3 Å². The van der Waals surface area contributed by atoms with Crippen LogP contribution < -0.4 is 10.0 Å². The highest BCUT2D eigenvalue weighted by Crippen LogP contribution is 2.34. The van der Waals surface area contributed by atoms with Gasteiger partial charge >= 0.3 is 6.18 Å². The quantitative estimate of drug-likeness (QED) is 0.553. The molecule has 0 fully saturated rings. The summed E-state index contributed by atoms with van der Waals surface area (Å²) in [4.78, 5) is 12.1. The number of aryl methyl sites for hydroxylation is 2. The number of amides is 1. The lowest BCUT2D eigenvalue weighted by Gasteiger charge is -2.18. The number of sulfonamides is 1. The number of rotatable bonds is 8. The molecule has 3 N–H and O–H groups in total. The number of carbonyl (C=O) groups is 1. The molecule has 1 unspecified atom stereocenters. The number of aliphatic hydroxyl groups is 1. The Morgan fingerprint density at radius 2 is 1.75 bits per heavy atom. The second-order valence-electron chi connectivity index (χ2n) is 7.69. The van der Waals surface area contributed by atoms with Gasteiger partial charge in [0, 0.05) is 19.5 Å². The summed E-state index contributed by atoms with van der Waals surface area (Å²) in [6, 6.07) is 9.60. The lowest BCUT2D eigenvalue weighted by atomic mass is 9.92. The molecule has 0 saturated carbocycles. The van der Waals surface area contributed by atoms with E-state index in [2.05, 4.69) is 10.0 Å². The van der Waals surface area contributed by atoms with Gasteiger partial charge in [0.05, 0.1) is 16.6 Å². The number of alkyl halides is 3. The molecule has 0 saturated heterocycles. The summed E-state index contributed by atoms with van der Waals surface area (Å²) in [5.41, 5.74) is 0.859. The first-order chi connectivity index (χ1) is 15.1. The Kier molecular flexibility index (Phi) is 7.58. The van der Waals surface area contributed by atoms with E-state index < -0.39 is 40.3 Å². The Bertz CT molecular complexity index is 1070. The predicted octanol–water partition coefficient (Wildman–Crippen LogP) is 3.10. The minimum Gasteiger partial charge on any atom is -0.387 e. The maximum atomic E-state index is 13.1. The van der Waals surface area contributed by atoms with Crippen molar-refractivity contribution in [3.63, 3.8) is 0 Å². The fourth-order valence-corrected chi connectivity index (χ4v) is 4.80. The first-order valence-corrected chi connectivity index (χ1v) is 11.8. The molecule has 0 aliphatic heterocycles. The Hall–Kier alpha value is -2.43. The monoisotopic (exact) mass is 470 g/mol. The smallest absolute Gasteiger partial charge is 0.387 e. The van der Waals surface area contributed by atoms with Crippen LogP contribution in [0.4, 0.5) is 13.2 Å². The largest absolute Gasteiger partial charge is 0.416 e. The molecule has 0 radical (unpaired) electrons. The van der Waals surface area contributed by atoms with Crippen molar-refractivity contribution in [2.75, 3.05) is 13.1 Å². The predicted molar refractivity (Wildman–Crippen MR) is 112 cm³/mol. The number of hydrogen-bond acceptors (Lipinski definition) is 4. The van der Waals surface area contributed by atoms with Gasteiger partial charge in [-0.1, -0.05) is 24.3 Å². The molecule has 6 nitrogen and oxygen atoms in total. The van der Waals surface area contributed by atoms with Gasteiger partial charge in [-0.05, 0) is 60.6 Å². The zero-order valence-electron chi connectivity index (χ0n) is 17.3. The maximum Gasteiger partial charge on any atom is 0.416 e. The summed E-state index contributed by atoms with van der Waals surface area (Å²) >= 11 is 0. The van der Waals surface area contributed by atoms with Crippen molar-refractivity contribution in [3.05, 3.63) is 64.7 Å². The first kappa shape index (κ1) is 24.2. The highest BCUT2D eigenvalue weighted by atomic mass is 32.2. The van der Waals surface area contributed by atoms with E-state index in [0.29, 0.717) is 0 Å². The van der Waals surface area contributed by atoms with Crippen LogP contribution in [-0.2, 0) is 33.8 Å². The molecule has 0 aromatic heterocycles. The van der Waals surface area contributed by atoms with Gasteiger partial charge in [-0.15, -0.1) is 0 Å². The lowest BCUT2D eigenvalue weighted by molar-refractivity contribution is -0.139. The van der Waals surface area contributed by atoms with E-state index >= 15 is 0 Å². The van der Waals surface area contributed by atoms with Crippen LogP contribution >= 0.6 is 0 Å². The summed E-state index contributed by atoms with van der Waals surface area (Å²) in [5.74, 6) is -0.596. The van der Waals surface area contributed by atoms with Crippen LogP contribution in [-0.4, -0.2) is 32.5 Å². The van der Waals surface area contributed by atoms with Gasteiger partial charge in [-0.25, -0.2) is 13.1 Å². The Morgan fingerprint density at radius 1 is 1.06 bits per heavy atom. The molecule has 1 aliphatic rings. The second kappa shape index (κ2) is 10.0.